The average Bonchev–Trinajstić information content (AvgIpc) is 3.48. The van der Waals surface area contributed by atoms with E-state index in [1.807, 2.05) is 91.0 Å². The van der Waals surface area contributed by atoms with Gasteiger partial charge >= 0.3 is 0 Å². The van der Waals surface area contributed by atoms with Gasteiger partial charge in [-0.2, -0.15) is 42.5 Å². The Morgan fingerprint density at radius 2 is 1.26 bits per heavy atom. The fourth-order valence-corrected chi connectivity index (χ4v) is 7.08. The molecule has 0 amide bonds. The van der Waals surface area contributed by atoms with Crippen molar-refractivity contribution >= 4 is 16.1 Å². The maximum Gasteiger partial charge on any atom is 0.0861 e. The monoisotopic (exact) mass is 565 g/mol. The fraction of sp³-hybridized carbons (Fsp3) is 0.333. The third-order valence-electron chi connectivity index (χ3n) is 4.93. The minimum absolute atomic E-state index is 0. The molecule has 0 aromatic heterocycles. The van der Waals surface area contributed by atoms with Crippen molar-refractivity contribution in [2.75, 3.05) is 0 Å². The molecule has 1 unspecified atom stereocenters. The van der Waals surface area contributed by atoms with Gasteiger partial charge in [-0.15, -0.1) is 0 Å². The van der Waals surface area contributed by atoms with Crippen LogP contribution >= 0.6 is 0 Å². The van der Waals surface area contributed by atoms with E-state index in [2.05, 4.69) is 71.0 Å². The van der Waals surface area contributed by atoms with Crippen LogP contribution in [0.2, 0.25) is 39.3 Å². The van der Waals surface area contributed by atoms with Crippen molar-refractivity contribution in [3.63, 3.8) is 0 Å². The fourth-order valence-electron chi connectivity index (χ4n) is 2.98. The molecule has 0 saturated carbocycles. The predicted molar refractivity (Wildman–Crippen MR) is 152 cm³/mol. The summed E-state index contributed by atoms with van der Waals surface area (Å²) in [5, 5.41) is 12.1. The Labute approximate surface area is 230 Å². The van der Waals surface area contributed by atoms with E-state index in [4.69, 9.17) is 0 Å². The van der Waals surface area contributed by atoms with Crippen molar-refractivity contribution in [1.82, 2.24) is 0 Å². The van der Waals surface area contributed by atoms with Crippen molar-refractivity contribution in [3.8, 4) is 0 Å². The number of benzene rings is 1. The van der Waals surface area contributed by atoms with Crippen LogP contribution in [0.1, 0.15) is 25.5 Å². The molecule has 1 N–H and O–H groups in total. The summed E-state index contributed by atoms with van der Waals surface area (Å²) in [4.78, 5) is 0. The number of allylic oxidation sites excluding steroid dienone is 2. The molecule has 0 aliphatic heterocycles. The van der Waals surface area contributed by atoms with Gasteiger partial charge in [0.1, 0.15) is 0 Å². The molecule has 1 atom stereocenters. The van der Waals surface area contributed by atoms with Crippen LogP contribution in [0.15, 0.2) is 108 Å². The summed E-state index contributed by atoms with van der Waals surface area (Å²) in [5.74, 6) is 0. The number of rotatable bonds is 6. The quantitative estimate of drug-likeness (QED) is 0.180. The number of aliphatic hydroxyl groups is 1. The van der Waals surface area contributed by atoms with Gasteiger partial charge in [0.05, 0.1) is 6.10 Å². The van der Waals surface area contributed by atoms with E-state index in [0.29, 0.717) is 0 Å². The van der Waals surface area contributed by atoms with Gasteiger partial charge in [0.2, 0.25) is 0 Å². The Bertz CT molecular complexity index is 850. The van der Waals surface area contributed by atoms with Crippen LogP contribution in [0.4, 0.5) is 0 Å². The Balaban J connectivity index is 0.000000804. The van der Waals surface area contributed by atoms with Gasteiger partial charge in [0.25, 0.3) is 0 Å². The van der Waals surface area contributed by atoms with Gasteiger partial charge in [-0.3, -0.25) is 5.70 Å². The summed E-state index contributed by atoms with van der Waals surface area (Å²) >= 11 is 0. The molecule has 3 aromatic rings. The Kier molecular flexibility index (Phi) is 15.0. The van der Waals surface area contributed by atoms with Gasteiger partial charge in [0.15, 0.2) is 0 Å². The van der Waals surface area contributed by atoms with Crippen LogP contribution in [-0.4, -0.2) is 21.3 Å². The van der Waals surface area contributed by atoms with Gasteiger partial charge < -0.3 is 5.11 Å². The molecule has 184 valence electrons. The van der Waals surface area contributed by atoms with Crippen LogP contribution in [0.25, 0.3) is 0 Å². The molecule has 0 heterocycles. The van der Waals surface area contributed by atoms with E-state index < -0.39 is 22.3 Å². The minimum atomic E-state index is -1.44. The van der Waals surface area contributed by atoms with Crippen LogP contribution in [0.5, 0.6) is 0 Å². The molecule has 0 fully saturated rings. The molecule has 0 bridgehead atoms. The third-order valence-corrected chi connectivity index (χ3v) is 8.11. The van der Waals surface area contributed by atoms with Crippen molar-refractivity contribution in [1.29, 1.82) is 0 Å². The Morgan fingerprint density at radius 3 is 1.59 bits per heavy atom. The molecule has 3 rings (SSSR count). The summed E-state index contributed by atoms with van der Waals surface area (Å²) in [7, 11) is -2.82. The molecular weight excluding hydrogens is 524 g/mol. The van der Waals surface area contributed by atoms with E-state index in [1.54, 1.807) is 0 Å². The first kappa shape index (κ1) is 32.7. The van der Waals surface area contributed by atoms with Crippen molar-refractivity contribution in [2.45, 2.75) is 59.2 Å². The molecule has 34 heavy (non-hydrogen) atoms. The van der Waals surface area contributed by atoms with Gasteiger partial charge in [0, 0.05) is 34.3 Å². The second kappa shape index (κ2) is 15.6. The SMILES string of the molecule is CC(C)(/C=C\C(=[C-][Si](C)(C)C)[Si](C)(C)C)C(O)c1ccccc1.[Zr].c1cc[cH-]c1.c1cc[cH-]c1. The minimum Gasteiger partial charge on any atom is -0.388 e. The summed E-state index contributed by atoms with van der Waals surface area (Å²) in [6.45, 7) is 18.2. The Morgan fingerprint density at radius 1 is 0.824 bits per heavy atom. The summed E-state index contributed by atoms with van der Waals surface area (Å²) < 4.78 is 0. The van der Waals surface area contributed by atoms with Crippen LogP contribution < -0.4 is 0 Å². The molecule has 0 radical (unpaired) electrons. The van der Waals surface area contributed by atoms with Crippen molar-refractivity contribution < 1.29 is 31.3 Å². The molecule has 1 nitrogen and oxygen atoms in total. The first-order chi connectivity index (χ1) is 15.3. The van der Waals surface area contributed by atoms with Crippen molar-refractivity contribution in [3.05, 3.63) is 120 Å². The van der Waals surface area contributed by atoms with Gasteiger partial charge in [-0.05, 0) is 19.1 Å². The molecule has 0 aliphatic rings. The maximum absolute atomic E-state index is 10.7. The smallest absolute Gasteiger partial charge is 0.0861 e. The standard InChI is InChI=1S/C20H33OSi2.2C5H5.Zr/c1-20(2,19(21)17-12-10-9-11-13-17)15-14-18(23(6,7)8)16-22(3,4)5;2*1-2-4-5-3-1;/h9-15,19,21H,1-8H3;2*1-5H;/q3*-1;/b15-14-;;;. The largest absolute Gasteiger partial charge is 0.388 e. The normalized spacial score (nSPS) is 13.1. The summed E-state index contributed by atoms with van der Waals surface area (Å²) in [5.41, 5.74) is 4.45. The molecule has 0 saturated heterocycles. The molecular formula is C30H43OSi2Zr-3. The number of aliphatic hydroxyl groups excluding tert-OH is 1. The van der Waals surface area contributed by atoms with E-state index in [0.717, 1.165) is 5.56 Å². The van der Waals surface area contributed by atoms with E-state index >= 15 is 0 Å². The van der Waals surface area contributed by atoms with Gasteiger partial charge in [-0.1, -0.05) is 83.5 Å². The topological polar surface area (TPSA) is 20.2 Å². The number of hydrogen-bond acceptors (Lipinski definition) is 1. The summed E-state index contributed by atoms with van der Waals surface area (Å²) in [6.07, 6.45) is 3.90. The zero-order valence-corrected chi connectivity index (χ0v) is 26.8. The van der Waals surface area contributed by atoms with E-state index in [9.17, 15) is 5.11 Å². The summed E-state index contributed by atoms with van der Waals surface area (Å²) in [6, 6.07) is 29.9. The zero-order valence-electron chi connectivity index (χ0n) is 22.3. The average molecular weight is 567 g/mol. The second-order valence-electron chi connectivity index (χ2n) is 10.9. The molecule has 4 heteroatoms. The first-order valence-electron chi connectivity index (χ1n) is 11.7. The van der Waals surface area contributed by atoms with Crippen LogP contribution in [0.3, 0.4) is 0 Å². The maximum atomic E-state index is 10.7. The third kappa shape index (κ3) is 14.2. The zero-order chi connectivity index (χ0) is 25.0. The Hall–Kier alpha value is -1.32. The van der Waals surface area contributed by atoms with Crippen LogP contribution in [0, 0.1) is 11.1 Å². The molecule has 0 spiro atoms. The van der Waals surface area contributed by atoms with E-state index in [-0.39, 0.29) is 31.6 Å². The number of hydrogen-bond donors (Lipinski definition) is 1. The predicted octanol–water partition coefficient (Wildman–Crippen LogP) is 8.60. The first-order valence-corrected chi connectivity index (χ1v) is 18.7. The van der Waals surface area contributed by atoms with Crippen LogP contribution in [-0.2, 0) is 26.2 Å². The van der Waals surface area contributed by atoms with Crippen molar-refractivity contribution in [2.24, 2.45) is 5.41 Å². The van der Waals surface area contributed by atoms with E-state index in [1.165, 1.54) is 5.20 Å². The second-order valence-corrected chi connectivity index (χ2v) is 20.7. The molecule has 3 aromatic carbocycles. The molecule has 0 aliphatic carbocycles. The van der Waals surface area contributed by atoms with Gasteiger partial charge in [-0.25, -0.2) is 35.5 Å².